The van der Waals surface area contributed by atoms with E-state index in [2.05, 4.69) is 10.6 Å². The highest BCUT2D eigenvalue weighted by Crippen LogP contribution is 2.42. The molecule has 0 saturated heterocycles. The number of alkyl halides is 3. The molecule has 0 saturated carbocycles. The molecule has 2 aliphatic heterocycles. The number of hydrogen-bond acceptors (Lipinski definition) is 5. The fraction of sp³-hybridized carbons (Fsp3) is 0.435. The van der Waals surface area contributed by atoms with Gasteiger partial charge in [0.15, 0.2) is 11.4 Å². The number of halogens is 5. The summed E-state index contributed by atoms with van der Waals surface area (Å²) in [6, 6.07) is 1.33. The second-order valence-corrected chi connectivity index (χ2v) is 8.68. The summed E-state index contributed by atoms with van der Waals surface area (Å²) in [6.07, 6.45) is -5.42. The Balaban J connectivity index is 1.74. The minimum atomic E-state index is -4.44. The third kappa shape index (κ3) is 4.66. The lowest BCUT2D eigenvalue weighted by Crippen LogP contribution is -2.44. The fourth-order valence-corrected chi connectivity index (χ4v) is 4.74. The second kappa shape index (κ2) is 9.52. The molecule has 0 aliphatic carbocycles. The smallest absolute Gasteiger partial charge is 0.390 e. The van der Waals surface area contributed by atoms with Crippen LogP contribution in [0, 0.1) is 11.6 Å². The van der Waals surface area contributed by atoms with Crippen LogP contribution in [0.1, 0.15) is 64.0 Å². The topological polar surface area (TPSA) is 104 Å². The number of carbonyl (C=O) groups is 2. The molecule has 36 heavy (non-hydrogen) atoms. The normalized spacial score (nSPS) is 18.9. The predicted octanol–water partition coefficient (Wildman–Crippen LogP) is 2.77. The zero-order valence-corrected chi connectivity index (χ0v) is 19.1. The standard InChI is InChI=1S/C23H23F5N4O4/c1-2-31-10-13-8-15(29-6-5-23(26,27)28)17-16(19(33)20(34)18(22(31)36)32(13)17)21(35)30-9-11-3-4-12(24)7-14(11)25/h3-4,7,13,15,29,34H,2,5-6,8-10H2,1H3,(H,30,35)/t13-,15+/m1/s1. The molecule has 2 aliphatic rings. The van der Waals surface area contributed by atoms with Gasteiger partial charge in [-0.1, -0.05) is 6.07 Å². The van der Waals surface area contributed by atoms with Crippen molar-refractivity contribution in [2.75, 3.05) is 19.6 Å². The molecule has 4 rings (SSSR count). The van der Waals surface area contributed by atoms with Gasteiger partial charge in [0.1, 0.15) is 17.2 Å². The summed E-state index contributed by atoms with van der Waals surface area (Å²) in [7, 11) is 0. The fourth-order valence-electron chi connectivity index (χ4n) is 4.74. The minimum absolute atomic E-state index is 0.0128. The van der Waals surface area contributed by atoms with Gasteiger partial charge in [0.05, 0.1) is 24.2 Å². The molecule has 3 N–H and O–H groups in total. The van der Waals surface area contributed by atoms with Crippen LogP contribution in [0.4, 0.5) is 22.0 Å². The summed E-state index contributed by atoms with van der Waals surface area (Å²) in [5.41, 5.74) is -2.13. The quantitative estimate of drug-likeness (QED) is 0.493. The van der Waals surface area contributed by atoms with Crippen LogP contribution in [0.2, 0.25) is 0 Å². The molecular weight excluding hydrogens is 491 g/mol. The number of rotatable bonds is 7. The Morgan fingerprint density at radius 2 is 1.94 bits per heavy atom. The lowest BCUT2D eigenvalue weighted by molar-refractivity contribution is -0.133. The largest absolute Gasteiger partial charge is 0.503 e. The molecule has 1 aromatic heterocycles. The van der Waals surface area contributed by atoms with Crippen LogP contribution in [0.25, 0.3) is 0 Å². The minimum Gasteiger partial charge on any atom is -0.503 e. The second-order valence-electron chi connectivity index (χ2n) is 8.68. The molecule has 13 heteroatoms. The molecule has 2 atom stereocenters. The zero-order valence-electron chi connectivity index (χ0n) is 19.1. The highest BCUT2D eigenvalue weighted by atomic mass is 19.4. The first-order chi connectivity index (χ1) is 16.9. The SMILES string of the molecule is CCN1C[C@H]2C[C@H](NCCC(F)(F)F)c3c(C(=O)NCc4ccc(F)cc4F)c(=O)c(O)c(n32)C1=O. The molecule has 0 bridgehead atoms. The van der Waals surface area contributed by atoms with Gasteiger partial charge in [-0.3, -0.25) is 14.4 Å². The van der Waals surface area contributed by atoms with Crippen LogP contribution in [-0.2, 0) is 6.54 Å². The summed E-state index contributed by atoms with van der Waals surface area (Å²) in [5.74, 6) is -4.35. The number of aromatic hydroxyl groups is 1. The van der Waals surface area contributed by atoms with Gasteiger partial charge in [-0.25, -0.2) is 8.78 Å². The molecule has 0 fully saturated rings. The third-order valence-electron chi connectivity index (χ3n) is 6.41. The number of amides is 2. The number of likely N-dealkylation sites (N-methyl/N-ethyl adjacent to an activating group) is 1. The van der Waals surface area contributed by atoms with Gasteiger partial charge >= 0.3 is 6.18 Å². The van der Waals surface area contributed by atoms with E-state index in [0.29, 0.717) is 6.07 Å². The van der Waals surface area contributed by atoms with E-state index >= 15 is 0 Å². The summed E-state index contributed by atoms with van der Waals surface area (Å²) in [6.45, 7) is 1.23. The van der Waals surface area contributed by atoms with Crippen molar-refractivity contribution in [1.29, 1.82) is 0 Å². The molecule has 8 nitrogen and oxygen atoms in total. The van der Waals surface area contributed by atoms with Crippen LogP contribution >= 0.6 is 0 Å². The first-order valence-corrected chi connectivity index (χ1v) is 11.3. The molecule has 0 spiro atoms. The average Bonchev–Trinajstić information content (AvgIpc) is 3.14. The van der Waals surface area contributed by atoms with Crippen molar-refractivity contribution in [3.05, 3.63) is 62.6 Å². The zero-order chi connectivity index (χ0) is 26.4. The van der Waals surface area contributed by atoms with E-state index in [-0.39, 0.29) is 36.5 Å². The Hall–Kier alpha value is -3.48. The number of nitrogens with one attached hydrogen (secondary N) is 2. The maximum atomic E-state index is 14.0. The van der Waals surface area contributed by atoms with Gasteiger partial charge in [0.25, 0.3) is 11.8 Å². The van der Waals surface area contributed by atoms with E-state index in [1.54, 1.807) is 6.92 Å². The first-order valence-electron chi connectivity index (χ1n) is 11.3. The Morgan fingerprint density at radius 3 is 2.58 bits per heavy atom. The Bertz CT molecular complexity index is 1280. The maximum Gasteiger partial charge on any atom is 0.390 e. The van der Waals surface area contributed by atoms with Crippen molar-refractivity contribution in [3.8, 4) is 5.75 Å². The maximum absolute atomic E-state index is 14.0. The van der Waals surface area contributed by atoms with Crippen molar-refractivity contribution >= 4 is 11.8 Å². The number of hydrogen-bond donors (Lipinski definition) is 3. The number of aromatic nitrogens is 1. The van der Waals surface area contributed by atoms with E-state index in [1.165, 1.54) is 9.47 Å². The molecule has 194 valence electrons. The highest BCUT2D eigenvalue weighted by Gasteiger charge is 2.45. The van der Waals surface area contributed by atoms with Crippen molar-refractivity contribution in [2.24, 2.45) is 0 Å². The van der Waals surface area contributed by atoms with Gasteiger partial charge < -0.3 is 25.2 Å². The number of nitrogens with zero attached hydrogens (tertiary/aromatic N) is 2. The lowest BCUT2D eigenvalue weighted by Gasteiger charge is -2.33. The van der Waals surface area contributed by atoms with Crippen LogP contribution < -0.4 is 16.1 Å². The third-order valence-corrected chi connectivity index (χ3v) is 6.41. The summed E-state index contributed by atoms with van der Waals surface area (Å²) in [5, 5.41) is 15.7. The van der Waals surface area contributed by atoms with Gasteiger partial charge in [0, 0.05) is 37.8 Å². The lowest BCUT2D eigenvalue weighted by atomic mass is 10.0. The van der Waals surface area contributed by atoms with Gasteiger partial charge in [-0.05, 0) is 19.4 Å². The van der Waals surface area contributed by atoms with E-state index < -0.39 is 78.0 Å². The highest BCUT2D eigenvalue weighted by molar-refractivity contribution is 6.00. The summed E-state index contributed by atoms with van der Waals surface area (Å²) >= 11 is 0. The van der Waals surface area contributed by atoms with E-state index in [1.807, 2.05) is 0 Å². The van der Waals surface area contributed by atoms with Crippen LogP contribution in [0.5, 0.6) is 5.75 Å². The first kappa shape index (κ1) is 25.6. The van der Waals surface area contributed by atoms with Gasteiger partial charge in [0.2, 0.25) is 5.43 Å². The monoisotopic (exact) mass is 514 g/mol. The predicted molar refractivity (Wildman–Crippen MR) is 117 cm³/mol. The van der Waals surface area contributed by atoms with E-state index in [9.17, 15) is 41.4 Å². The van der Waals surface area contributed by atoms with Crippen molar-refractivity contribution in [1.82, 2.24) is 20.1 Å². The molecule has 2 amide bonds. The van der Waals surface area contributed by atoms with Gasteiger partial charge in [-0.2, -0.15) is 13.2 Å². The Labute approximate surface area is 201 Å². The summed E-state index contributed by atoms with van der Waals surface area (Å²) in [4.78, 5) is 40.5. The van der Waals surface area contributed by atoms with E-state index in [0.717, 1.165) is 12.1 Å². The van der Waals surface area contributed by atoms with Crippen molar-refractivity contribution < 1.29 is 36.6 Å². The van der Waals surface area contributed by atoms with Crippen molar-refractivity contribution in [3.63, 3.8) is 0 Å². The molecule has 0 radical (unpaired) electrons. The average molecular weight is 514 g/mol. The van der Waals surface area contributed by atoms with Crippen LogP contribution in [0.15, 0.2) is 23.0 Å². The number of benzene rings is 1. The molecular formula is C23H23F5N4O4. The van der Waals surface area contributed by atoms with Gasteiger partial charge in [-0.15, -0.1) is 0 Å². The number of carbonyl (C=O) groups excluding carboxylic acids is 2. The molecule has 3 heterocycles. The Kier molecular flexibility index (Phi) is 6.78. The number of pyridine rings is 1. The molecule has 1 aromatic carbocycles. The molecule has 2 aromatic rings. The Morgan fingerprint density at radius 1 is 1.22 bits per heavy atom. The summed E-state index contributed by atoms with van der Waals surface area (Å²) < 4.78 is 66.7. The van der Waals surface area contributed by atoms with Crippen molar-refractivity contribution in [2.45, 2.75) is 44.6 Å². The molecule has 0 unspecified atom stereocenters. The van der Waals surface area contributed by atoms with Crippen LogP contribution in [-0.4, -0.2) is 52.2 Å². The van der Waals surface area contributed by atoms with Crippen LogP contribution in [0.3, 0.4) is 0 Å². The van der Waals surface area contributed by atoms with E-state index in [4.69, 9.17) is 0 Å².